The zero-order valence-corrected chi connectivity index (χ0v) is 39.3. The first-order valence-corrected chi connectivity index (χ1v) is 22.5. The number of rotatable bonds is 6. The molecule has 4 bridgehead atoms. The topological polar surface area (TPSA) is 205 Å². The van der Waals surface area contributed by atoms with Gasteiger partial charge in [0.15, 0.2) is 22.3 Å². The van der Waals surface area contributed by atoms with E-state index in [0.29, 0.717) is 37.6 Å². The van der Waals surface area contributed by atoms with Crippen molar-refractivity contribution in [3.63, 3.8) is 0 Å². The van der Waals surface area contributed by atoms with E-state index in [-0.39, 0.29) is 79.3 Å². The van der Waals surface area contributed by atoms with Crippen LogP contribution in [0.25, 0.3) is 33.0 Å². The number of morpholine rings is 1. The number of aromatic hydroxyl groups is 1. The van der Waals surface area contributed by atoms with Crippen LogP contribution in [0.3, 0.4) is 0 Å². The molecule has 3 N–H and O–H groups in total. The number of carbonyl (C=O) groups excluding carboxylic acids is 3. The molecule has 3 aromatic carbocycles. The highest BCUT2D eigenvalue weighted by Gasteiger charge is 2.49. The Morgan fingerprint density at radius 3 is 2.42 bits per heavy atom. The molecule has 4 aromatic rings. The van der Waals surface area contributed by atoms with Crippen molar-refractivity contribution in [2.24, 2.45) is 29.6 Å². The van der Waals surface area contributed by atoms with E-state index < -0.39 is 58.9 Å². The van der Waals surface area contributed by atoms with Gasteiger partial charge in [-0.15, -0.1) is 0 Å². The van der Waals surface area contributed by atoms with Crippen LogP contribution in [0.5, 0.6) is 17.2 Å². The van der Waals surface area contributed by atoms with Crippen LogP contribution in [0.1, 0.15) is 71.3 Å². The monoisotopic (exact) mass is 911 g/mol. The van der Waals surface area contributed by atoms with Crippen molar-refractivity contribution in [1.82, 2.24) is 9.88 Å². The Balaban J connectivity index is 1.39. The maximum Gasteiger partial charge on any atom is 0.312 e. The number of fused-ring (bicyclic) bond motifs is 2. The highest BCUT2D eigenvalue weighted by Crippen LogP contribution is 2.48. The highest BCUT2D eigenvalue weighted by molar-refractivity contribution is 6.26. The molecule has 0 saturated carbocycles. The Bertz CT molecular complexity index is 2680. The molecule has 1 aromatic heterocycles. The van der Waals surface area contributed by atoms with Gasteiger partial charge < -0.3 is 48.4 Å². The number of phenolic OH excluding ortho intramolecular Hbond substituents is 1. The number of esters is 1. The van der Waals surface area contributed by atoms with Crippen LogP contribution < -0.4 is 20.2 Å². The number of Topliss-reactive ketones (excluding diaryl/α,β-unsaturated/α-hetero) is 1. The van der Waals surface area contributed by atoms with Gasteiger partial charge in [0.1, 0.15) is 40.9 Å². The van der Waals surface area contributed by atoms with E-state index in [1.165, 1.54) is 34.1 Å². The van der Waals surface area contributed by atoms with Crippen molar-refractivity contribution >= 4 is 56.3 Å². The lowest BCUT2D eigenvalue weighted by atomic mass is 9.73. The van der Waals surface area contributed by atoms with Gasteiger partial charge in [0.05, 0.1) is 42.6 Å². The third-order valence-electron chi connectivity index (χ3n) is 13.7. The number of hydrogen-bond donors (Lipinski definition) is 3. The summed E-state index contributed by atoms with van der Waals surface area (Å²) >= 11 is 0. The third-order valence-corrected chi connectivity index (χ3v) is 13.7. The molecule has 7 rings (SSSR count). The Morgan fingerprint density at radius 2 is 1.73 bits per heavy atom. The summed E-state index contributed by atoms with van der Waals surface area (Å²) in [4.78, 5) is 62.8. The van der Waals surface area contributed by atoms with E-state index in [0.717, 1.165) is 13.1 Å². The van der Waals surface area contributed by atoms with Crippen LogP contribution in [0.4, 0.5) is 5.69 Å². The molecule has 1 saturated heterocycles. The van der Waals surface area contributed by atoms with Gasteiger partial charge in [-0.25, -0.2) is 4.98 Å². The Kier molecular flexibility index (Phi) is 14.3. The molecular weight excluding hydrogens is 851 g/mol. The van der Waals surface area contributed by atoms with Gasteiger partial charge >= 0.3 is 11.8 Å². The second-order valence-corrected chi connectivity index (χ2v) is 18.0. The van der Waals surface area contributed by atoms with Gasteiger partial charge in [0, 0.05) is 75.0 Å². The molecule has 66 heavy (non-hydrogen) atoms. The number of carbonyl (C=O) groups is 3. The van der Waals surface area contributed by atoms with E-state index in [1.54, 1.807) is 49.4 Å². The van der Waals surface area contributed by atoms with Crippen molar-refractivity contribution < 1.29 is 57.4 Å². The summed E-state index contributed by atoms with van der Waals surface area (Å²) < 4.78 is 42.3. The molecule has 9 atom stereocenters. The molecule has 4 heterocycles. The minimum absolute atomic E-state index is 0.00210. The van der Waals surface area contributed by atoms with Crippen LogP contribution in [0.2, 0.25) is 0 Å². The molecule has 3 aliphatic heterocycles. The molecular formula is C50H61N3O13. The maximum absolute atomic E-state index is 14.8. The highest BCUT2D eigenvalue weighted by atomic mass is 16.7. The third kappa shape index (κ3) is 9.28. The SMILES string of the molecule is CO[C@H]1/C=C/O[C@@]2(C)Oc3c(C)c(=O)c4c(O)c(c5oc6cc(OCCN7CCOCC7)ccc6nc5c4c3C2=O)NC(=O)/C(C)=C\C=C\[C@H](C)[C@H](O)[C@@H](C)[C@@H](C)[C@@H](C)[C@H](OC(C)=O)[C@@H]1C. The average molecular weight is 912 g/mol. The number of benzene rings is 3. The fraction of sp³-hybridized carbons (Fsp3) is 0.500. The summed E-state index contributed by atoms with van der Waals surface area (Å²) in [6.45, 7) is 19.5. The van der Waals surface area contributed by atoms with E-state index in [1.807, 2.05) is 34.6 Å². The van der Waals surface area contributed by atoms with Crippen LogP contribution >= 0.6 is 0 Å². The van der Waals surface area contributed by atoms with Crippen molar-refractivity contribution in [3.8, 4) is 17.2 Å². The fourth-order valence-corrected chi connectivity index (χ4v) is 9.21. The fourth-order valence-electron chi connectivity index (χ4n) is 9.21. The van der Waals surface area contributed by atoms with Crippen molar-refractivity contribution in [2.75, 3.05) is 51.9 Å². The summed E-state index contributed by atoms with van der Waals surface area (Å²) in [6.07, 6.45) is 5.76. The molecule has 16 heteroatoms. The van der Waals surface area contributed by atoms with Crippen LogP contribution in [-0.4, -0.2) is 108 Å². The van der Waals surface area contributed by atoms with Gasteiger partial charge in [0.25, 0.3) is 11.7 Å². The van der Waals surface area contributed by atoms with Crippen LogP contribution in [-0.2, 0) is 28.5 Å². The first-order chi connectivity index (χ1) is 31.4. The molecule has 354 valence electrons. The van der Waals surface area contributed by atoms with Gasteiger partial charge in [-0.1, -0.05) is 52.8 Å². The first-order valence-electron chi connectivity index (χ1n) is 22.5. The number of aromatic nitrogens is 1. The predicted octanol–water partition coefficient (Wildman–Crippen LogP) is 6.98. The maximum atomic E-state index is 14.8. The lowest BCUT2D eigenvalue weighted by Crippen LogP contribution is -2.43. The minimum Gasteiger partial charge on any atom is -0.505 e. The van der Waals surface area contributed by atoms with E-state index in [4.69, 9.17) is 37.8 Å². The van der Waals surface area contributed by atoms with Gasteiger partial charge in [-0.05, 0) is 49.8 Å². The molecule has 16 nitrogen and oxygen atoms in total. The summed E-state index contributed by atoms with van der Waals surface area (Å²) in [5.74, 6) is -5.46. The summed E-state index contributed by atoms with van der Waals surface area (Å²) in [6, 6.07) is 5.06. The second kappa shape index (κ2) is 19.6. The molecule has 0 unspecified atom stereocenters. The number of ketones is 1. The van der Waals surface area contributed by atoms with Crippen molar-refractivity contribution in [2.45, 2.75) is 86.4 Å². The second-order valence-electron chi connectivity index (χ2n) is 18.0. The average Bonchev–Trinajstić information content (AvgIpc) is 3.56. The lowest BCUT2D eigenvalue weighted by molar-refractivity contribution is -0.157. The number of amides is 1. The number of nitrogens with one attached hydrogen (secondary N) is 1. The zero-order valence-electron chi connectivity index (χ0n) is 39.3. The van der Waals surface area contributed by atoms with E-state index in [9.17, 15) is 29.4 Å². The quantitative estimate of drug-likeness (QED) is 0.0772. The van der Waals surface area contributed by atoms with Crippen LogP contribution in [0, 0.1) is 36.5 Å². The predicted molar refractivity (Wildman–Crippen MR) is 248 cm³/mol. The number of aliphatic hydroxyl groups excluding tert-OH is 1. The first kappa shape index (κ1) is 48.1. The smallest absolute Gasteiger partial charge is 0.312 e. The Labute approximate surface area is 383 Å². The summed E-state index contributed by atoms with van der Waals surface area (Å²) in [5.41, 5.74) is -0.306. The minimum atomic E-state index is -2.01. The number of phenols is 1. The largest absolute Gasteiger partial charge is 0.505 e. The number of methoxy groups -OCH3 is 1. The molecule has 1 amide bonds. The van der Waals surface area contributed by atoms with Crippen LogP contribution in [0.15, 0.2) is 63.6 Å². The van der Waals surface area contributed by atoms with E-state index in [2.05, 4.69) is 10.2 Å². The molecule has 0 radical (unpaired) electrons. The molecule has 0 aliphatic carbocycles. The molecule has 0 spiro atoms. The number of aliphatic hydroxyl groups is 1. The number of ether oxygens (including phenoxy) is 6. The van der Waals surface area contributed by atoms with Crippen molar-refractivity contribution in [1.29, 1.82) is 0 Å². The van der Waals surface area contributed by atoms with Gasteiger partial charge in [0.2, 0.25) is 0 Å². The Hall–Kier alpha value is -5.81. The van der Waals surface area contributed by atoms with Crippen molar-refractivity contribution in [3.05, 3.63) is 75.7 Å². The standard InChI is InChI=1S/C50H61N3O13/c1-25-12-11-13-26(2)49(59)52-41-44(57)38-37(40-47(41)65-36-24-33(14-15-34(36)51-40)62-23-19-53-17-21-61-22-18-53)39-46(31(7)43(38)56)66-50(9,48(39)58)63-20-16-35(60-10)30(6)45(64-32(8)54)29(5)27(3)28(4)42(25)55/h11-16,20,24-25,27-30,35,42,45,55,57H,17-19,21-23H2,1-10H3,(H,52,59)/b12-11+,20-16+,26-13-/t25-,27+,28-,29+,30+,35-,42-,45-,50-/m0/s1. The number of allylic oxidation sites excluding steroid dienone is 2. The molecule has 1 fully saturated rings. The lowest BCUT2D eigenvalue weighted by Gasteiger charge is -2.39. The van der Waals surface area contributed by atoms with Gasteiger partial charge in [-0.2, -0.15) is 0 Å². The number of nitrogens with zero attached hydrogens (tertiary/aromatic N) is 2. The summed E-state index contributed by atoms with van der Waals surface area (Å²) in [7, 11) is 1.51. The van der Waals surface area contributed by atoms with Gasteiger partial charge in [-0.3, -0.25) is 24.1 Å². The zero-order chi connectivity index (χ0) is 47.8. The molecule has 3 aliphatic rings. The number of anilines is 1. The summed E-state index contributed by atoms with van der Waals surface area (Å²) in [5, 5.41) is 26.1. The Morgan fingerprint density at radius 1 is 1.00 bits per heavy atom. The van der Waals surface area contributed by atoms with E-state index >= 15 is 0 Å². The normalized spacial score (nSPS) is 29.8. The number of hydrogen-bond acceptors (Lipinski definition) is 15.